The highest BCUT2D eigenvalue weighted by Gasteiger charge is 2.44. The van der Waals surface area contributed by atoms with Gasteiger partial charge in [-0.25, -0.2) is 8.42 Å². The molecule has 0 bridgehead atoms. The Labute approximate surface area is 78.9 Å². The van der Waals surface area contributed by atoms with Crippen molar-refractivity contribution in [1.82, 2.24) is 0 Å². The van der Waals surface area contributed by atoms with Gasteiger partial charge >= 0.3 is 5.97 Å². The van der Waals surface area contributed by atoms with E-state index in [1.165, 1.54) is 20.8 Å². The number of hydrogen-bond donors (Lipinski definition) is 1. The summed E-state index contributed by atoms with van der Waals surface area (Å²) in [6.07, 6.45) is 0.430. The summed E-state index contributed by atoms with van der Waals surface area (Å²) in [4.78, 5) is 10.7. The highest BCUT2D eigenvalue weighted by atomic mass is 32.2. The summed E-state index contributed by atoms with van der Waals surface area (Å²) in [5.74, 6) is -1.30. The van der Waals surface area contributed by atoms with E-state index < -0.39 is 25.8 Å². The molecule has 0 heterocycles. The monoisotopic (exact) mass is 208 g/mol. The SMILES string of the molecule is CC[C@@H](C)S(=O)(=O)C(C)(C)C(=O)O. The maximum Gasteiger partial charge on any atom is 0.324 e. The van der Waals surface area contributed by atoms with Gasteiger partial charge in [0.25, 0.3) is 0 Å². The van der Waals surface area contributed by atoms with Crippen molar-refractivity contribution in [2.24, 2.45) is 0 Å². The Hall–Kier alpha value is -0.580. The first-order valence-electron chi connectivity index (χ1n) is 4.14. The molecule has 1 atom stereocenters. The zero-order chi connectivity index (χ0) is 10.9. The minimum atomic E-state index is -3.59. The summed E-state index contributed by atoms with van der Waals surface area (Å²) in [7, 11) is -3.59. The number of carboxylic acids is 1. The van der Waals surface area contributed by atoms with E-state index >= 15 is 0 Å². The fourth-order valence-electron chi connectivity index (χ4n) is 0.844. The van der Waals surface area contributed by atoms with Crippen molar-refractivity contribution in [2.75, 3.05) is 0 Å². The fraction of sp³-hybridized carbons (Fsp3) is 0.875. The van der Waals surface area contributed by atoms with E-state index in [1.54, 1.807) is 6.92 Å². The molecule has 0 rings (SSSR count). The molecule has 0 aliphatic carbocycles. The van der Waals surface area contributed by atoms with Gasteiger partial charge in [0.2, 0.25) is 0 Å². The molecule has 5 heteroatoms. The first-order chi connectivity index (χ1) is 5.67. The molecule has 0 spiro atoms. The molecule has 0 aliphatic heterocycles. The van der Waals surface area contributed by atoms with E-state index in [9.17, 15) is 13.2 Å². The fourth-order valence-corrected chi connectivity index (χ4v) is 2.53. The number of carbonyl (C=O) groups is 1. The van der Waals surface area contributed by atoms with E-state index in [4.69, 9.17) is 5.11 Å². The van der Waals surface area contributed by atoms with Gasteiger partial charge in [0.1, 0.15) is 0 Å². The van der Waals surface area contributed by atoms with Gasteiger partial charge in [0.05, 0.1) is 5.25 Å². The van der Waals surface area contributed by atoms with Crippen molar-refractivity contribution in [2.45, 2.75) is 44.1 Å². The molecule has 0 amide bonds. The van der Waals surface area contributed by atoms with Crippen LogP contribution in [0.15, 0.2) is 0 Å². The zero-order valence-electron chi connectivity index (χ0n) is 8.36. The maximum atomic E-state index is 11.6. The average molecular weight is 208 g/mol. The molecule has 0 saturated carbocycles. The van der Waals surface area contributed by atoms with Gasteiger partial charge in [-0.15, -0.1) is 0 Å². The molecule has 0 radical (unpaired) electrons. The van der Waals surface area contributed by atoms with Crippen LogP contribution in [0.2, 0.25) is 0 Å². The molecule has 0 aromatic rings. The lowest BCUT2D eigenvalue weighted by atomic mass is 10.2. The lowest BCUT2D eigenvalue weighted by molar-refractivity contribution is -0.139. The largest absolute Gasteiger partial charge is 0.480 e. The minimum Gasteiger partial charge on any atom is -0.480 e. The van der Waals surface area contributed by atoms with Gasteiger partial charge in [-0.2, -0.15) is 0 Å². The Kier molecular flexibility index (Phi) is 3.49. The van der Waals surface area contributed by atoms with Crippen LogP contribution in [0, 0.1) is 0 Å². The third-order valence-electron chi connectivity index (χ3n) is 2.33. The van der Waals surface area contributed by atoms with Gasteiger partial charge in [-0.05, 0) is 27.2 Å². The molecule has 0 saturated heterocycles. The van der Waals surface area contributed by atoms with Crippen LogP contribution in [0.1, 0.15) is 34.1 Å². The summed E-state index contributed by atoms with van der Waals surface area (Å²) in [5, 5.41) is 8.13. The molecule has 0 aromatic heterocycles. The second-order valence-electron chi connectivity index (χ2n) is 3.58. The molecule has 78 valence electrons. The van der Waals surface area contributed by atoms with Gasteiger partial charge in [0.15, 0.2) is 14.6 Å². The molecule has 0 unspecified atom stereocenters. The molecular formula is C8H16O4S. The lowest BCUT2D eigenvalue weighted by Gasteiger charge is -2.23. The van der Waals surface area contributed by atoms with Crippen LogP contribution in [0.4, 0.5) is 0 Å². The van der Waals surface area contributed by atoms with Crippen LogP contribution in [0.5, 0.6) is 0 Å². The quantitative estimate of drug-likeness (QED) is 0.750. The molecule has 4 nitrogen and oxygen atoms in total. The molecule has 13 heavy (non-hydrogen) atoms. The second-order valence-corrected chi connectivity index (χ2v) is 6.49. The van der Waals surface area contributed by atoms with Crippen LogP contribution in [-0.2, 0) is 14.6 Å². The number of rotatable bonds is 4. The zero-order valence-corrected chi connectivity index (χ0v) is 9.18. The normalized spacial score (nSPS) is 15.4. The van der Waals surface area contributed by atoms with Gasteiger partial charge < -0.3 is 5.11 Å². The van der Waals surface area contributed by atoms with Crippen molar-refractivity contribution < 1.29 is 18.3 Å². The molecule has 0 aliphatic rings. The topological polar surface area (TPSA) is 71.4 Å². The van der Waals surface area contributed by atoms with Crippen LogP contribution in [0.3, 0.4) is 0 Å². The van der Waals surface area contributed by atoms with Crippen LogP contribution in [-0.4, -0.2) is 29.5 Å². The Bertz CT molecular complexity index is 289. The van der Waals surface area contributed by atoms with E-state index in [2.05, 4.69) is 0 Å². The average Bonchev–Trinajstić information content (AvgIpc) is 2.02. The smallest absolute Gasteiger partial charge is 0.324 e. The number of sulfone groups is 1. The van der Waals surface area contributed by atoms with Gasteiger partial charge in [0, 0.05) is 0 Å². The lowest BCUT2D eigenvalue weighted by Crippen LogP contribution is -2.44. The van der Waals surface area contributed by atoms with Gasteiger partial charge in [-0.1, -0.05) is 6.92 Å². The number of carboxylic acid groups (broad SMARTS) is 1. The van der Waals surface area contributed by atoms with Crippen LogP contribution in [0.25, 0.3) is 0 Å². The summed E-state index contributed by atoms with van der Waals surface area (Å²) in [5.41, 5.74) is 0. The molecular weight excluding hydrogens is 192 g/mol. The third kappa shape index (κ3) is 2.02. The first kappa shape index (κ1) is 12.4. The van der Waals surface area contributed by atoms with E-state index in [0.717, 1.165) is 0 Å². The molecule has 0 fully saturated rings. The highest BCUT2D eigenvalue weighted by Crippen LogP contribution is 2.23. The predicted octanol–water partition coefficient (Wildman–Crippen LogP) is 1.06. The number of aliphatic carboxylic acids is 1. The van der Waals surface area contributed by atoms with Crippen LogP contribution >= 0.6 is 0 Å². The van der Waals surface area contributed by atoms with Crippen molar-refractivity contribution in [3.05, 3.63) is 0 Å². The van der Waals surface area contributed by atoms with Crippen molar-refractivity contribution >= 4 is 15.8 Å². The number of hydrogen-bond acceptors (Lipinski definition) is 3. The molecule has 1 N–H and O–H groups in total. The minimum absolute atomic E-state index is 0.430. The van der Waals surface area contributed by atoms with Crippen LogP contribution < -0.4 is 0 Å². The second kappa shape index (κ2) is 3.65. The van der Waals surface area contributed by atoms with Gasteiger partial charge in [-0.3, -0.25) is 4.79 Å². The summed E-state index contributed by atoms with van der Waals surface area (Å²) in [6.45, 7) is 5.69. The highest BCUT2D eigenvalue weighted by molar-refractivity contribution is 7.94. The van der Waals surface area contributed by atoms with E-state index in [-0.39, 0.29) is 0 Å². The van der Waals surface area contributed by atoms with Crippen molar-refractivity contribution in [3.63, 3.8) is 0 Å². The van der Waals surface area contributed by atoms with Crippen molar-refractivity contribution in [3.8, 4) is 0 Å². The third-order valence-corrected chi connectivity index (χ3v) is 5.32. The Morgan fingerprint density at radius 1 is 1.46 bits per heavy atom. The summed E-state index contributed by atoms with van der Waals surface area (Å²) in [6, 6.07) is 0. The Morgan fingerprint density at radius 3 is 2.08 bits per heavy atom. The van der Waals surface area contributed by atoms with E-state index in [0.29, 0.717) is 6.42 Å². The standard InChI is InChI=1S/C8H16O4S/c1-5-6(2)13(11,12)8(3,4)7(9)10/h6H,5H2,1-4H3,(H,9,10)/t6-/m1/s1. The van der Waals surface area contributed by atoms with Crippen molar-refractivity contribution in [1.29, 1.82) is 0 Å². The van der Waals surface area contributed by atoms with E-state index in [1.807, 2.05) is 0 Å². The molecule has 0 aromatic carbocycles. The maximum absolute atomic E-state index is 11.6. The predicted molar refractivity (Wildman–Crippen MR) is 50.4 cm³/mol. The Morgan fingerprint density at radius 2 is 1.85 bits per heavy atom. The summed E-state index contributed by atoms with van der Waals surface area (Å²) < 4.78 is 21.6. The first-order valence-corrected chi connectivity index (χ1v) is 5.69. The Balaban J connectivity index is 5.17. The summed E-state index contributed by atoms with van der Waals surface area (Å²) >= 11 is 0.